The van der Waals surface area contributed by atoms with E-state index in [9.17, 15) is 4.79 Å². The van der Waals surface area contributed by atoms with Gasteiger partial charge in [-0.3, -0.25) is 4.79 Å². The van der Waals surface area contributed by atoms with Crippen LogP contribution in [-0.4, -0.2) is 13.1 Å². The molecule has 0 aromatic heterocycles. The van der Waals surface area contributed by atoms with Crippen LogP contribution in [0.5, 0.6) is 0 Å². The van der Waals surface area contributed by atoms with Crippen molar-refractivity contribution >= 4 is 44.5 Å². The highest BCUT2D eigenvalue weighted by Gasteiger charge is 2.08. The Morgan fingerprint density at radius 3 is 2.79 bits per heavy atom. The molecule has 0 amide bonds. The Balaban J connectivity index is 2.98. The van der Waals surface area contributed by atoms with Gasteiger partial charge in [0.15, 0.2) is 0 Å². The first-order valence-electron chi connectivity index (χ1n) is 4.06. The Morgan fingerprint density at radius 1 is 1.57 bits per heavy atom. The van der Waals surface area contributed by atoms with E-state index in [2.05, 4.69) is 43.3 Å². The summed E-state index contributed by atoms with van der Waals surface area (Å²) in [7, 11) is 1.40. The summed E-state index contributed by atoms with van der Waals surface area (Å²) in [6.45, 7) is 2.02. The Hall–Kier alpha value is -0.100. The molecule has 1 aromatic carbocycles. The Labute approximate surface area is 105 Å². The monoisotopic (exact) mass is 368 g/mol. The Kier molecular flexibility index (Phi) is 4.37. The number of hydrogen-bond acceptors (Lipinski definition) is 2. The van der Waals surface area contributed by atoms with Crippen molar-refractivity contribution in [3.63, 3.8) is 0 Å². The van der Waals surface area contributed by atoms with E-state index in [1.807, 2.05) is 19.1 Å². The summed E-state index contributed by atoms with van der Waals surface area (Å²) in [6.07, 6.45) is 0.314. The third kappa shape index (κ3) is 2.95. The number of carbonyl (C=O) groups is 1. The number of hydrogen-bond donors (Lipinski definition) is 0. The van der Waals surface area contributed by atoms with E-state index in [1.54, 1.807) is 0 Å². The van der Waals surface area contributed by atoms with Gasteiger partial charge in [-0.2, -0.15) is 0 Å². The van der Waals surface area contributed by atoms with Gasteiger partial charge < -0.3 is 4.74 Å². The van der Waals surface area contributed by atoms with Crippen molar-refractivity contribution in [1.29, 1.82) is 0 Å². The van der Waals surface area contributed by atoms with Crippen molar-refractivity contribution in [3.05, 3.63) is 31.3 Å². The van der Waals surface area contributed by atoms with E-state index in [-0.39, 0.29) is 5.97 Å². The number of ether oxygens (including phenoxy) is 1. The van der Waals surface area contributed by atoms with Crippen LogP contribution in [0.2, 0.25) is 0 Å². The minimum atomic E-state index is -0.216. The highest BCUT2D eigenvalue weighted by atomic mass is 127. The molecule has 0 aliphatic heterocycles. The van der Waals surface area contributed by atoms with E-state index in [1.165, 1.54) is 16.2 Å². The average molecular weight is 369 g/mol. The van der Waals surface area contributed by atoms with Crippen molar-refractivity contribution < 1.29 is 9.53 Å². The molecule has 76 valence electrons. The summed E-state index contributed by atoms with van der Waals surface area (Å²) in [4.78, 5) is 11.1. The van der Waals surface area contributed by atoms with E-state index in [0.717, 1.165) is 10.0 Å². The van der Waals surface area contributed by atoms with Crippen molar-refractivity contribution in [2.75, 3.05) is 7.11 Å². The van der Waals surface area contributed by atoms with Gasteiger partial charge in [-0.15, -0.1) is 0 Å². The zero-order valence-electron chi connectivity index (χ0n) is 7.93. The topological polar surface area (TPSA) is 26.3 Å². The molecular weight excluding hydrogens is 359 g/mol. The predicted molar refractivity (Wildman–Crippen MR) is 67.3 cm³/mol. The average Bonchev–Trinajstić information content (AvgIpc) is 2.14. The first-order valence-corrected chi connectivity index (χ1v) is 5.93. The summed E-state index contributed by atoms with van der Waals surface area (Å²) < 4.78 is 6.76. The molecule has 0 heterocycles. The lowest BCUT2D eigenvalue weighted by molar-refractivity contribution is -0.139. The van der Waals surface area contributed by atoms with E-state index in [0.29, 0.717) is 6.42 Å². The molecule has 0 bridgehead atoms. The van der Waals surface area contributed by atoms with Crippen molar-refractivity contribution in [2.24, 2.45) is 0 Å². The lowest BCUT2D eigenvalue weighted by Crippen LogP contribution is -2.05. The second-order valence-corrected chi connectivity index (χ2v) is 4.96. The zero-order valence-corrected chi connectivity index (χ0v) is 11.7. The molecule has 0 unspecified atom stereocenters. The summed E-state index contributed by atoms with van der Waals surface area (Å²) >= 11 is 5.69. The maximum absolute atomic E-state index is 11.1. The highest BCUT2D eigenvalue weighted by molar-refractivity contribution is 14.1. The number of rotatable bonds is 2. The maximum atomic E-state index is 11.1. The van der Waals surface area contributed by atoms with Crippen LogP contribution in [0.25, 0.3) is 0 Å². The van der Waals surface area contributed by atoms with Gasteiger partial charge in [-0.1, -0.05) is 22.0 Å². The van der Waals surface area contributed by atoms with Crippen LogP contribution >= 0.6 is 38.5 Å². The third-order valence-corrected chi connectivity index (χ3v) is 3.79. The van der Waals surface area contributed by atoms with E-state index < -0.39 is 0 Å². The number of benzene rings is 1. The third-order valence-electron chi connectivity index (χ3n) is 1.89. The van der Waals surface area contributed by atoms with Gasteiger partial charge in [-0.05, 0) is 46.7 Å². The molecule has 0 spiro atoms. The van der Waals surface area contributed by atoms with Crippen LogP contribution in [0.1, 0.15) is 11.1 Å². The smallest absolute Gasteiger partial charge is 0.310 e. The van der Waals surface area contributed by atoms with Crippen LogP contribution in [0, 0.1) is 10.5 Å². The number of aryl methyl sites for hydroxylation is 1. The largest absolute Gasteiger partial charge is 0.469 e. The van der Waals surface area contributed by atoms with E-state index >= 15 is 0 Å². The lowest BCUT2D eigenvalue weighted by Gasteiger charge is -2.06. The molecule has 0 saturated carbocycles. The lowest BCUT2D eigenvalue weighted by atomic mass is 10.1. The molecule has 14 heavy (non-hydrogen) atoms. The zero-order chi connectivity index (χ0) is 10.7. The van der Waals surface area contributed by atoms with Gasteiger partial charge in [0.2, 0.25) is 0 Å². The fraction of sp³-hybridized carbons (Fsp3) is 0.300. The van der Waals surface area contributed by atoms with Gasteiger partial charge in [0.1, 0.15) is 0 Å². The SMILES string of the molecule is COC(=O)Cc1cc(C)c(I)cc1Br. The number of esters is 1. The second kappa shape index (κ2) is 5.11. The van der Waals surface area contributed by atoms with Gasteiger partial charge >= 0.3 is 5.97 Å². The summed E-state index contributed by atoms with van der Waals surface area (Å²) in [6, 6.07) is 4.01. The minimum absolute atomic E-state index is 0.216. The van der Waals surface area contributed by atoms with Crippen LogP contribution in [0.4, 0.5) is 0 Å². The van der Waals surface area contributed by atoms with Crippen LogP contribution in [0.15, 0.2) is 16.6 Å². The van der Waals surface area contributed by atoms with Gasteiger partial charge in [-0.25, -0.2) is 0 Å². The van der Waals surface area contributed by atoms with E-state index in [4.69, 9.17) is 0 Å². The number of methoxy groups -OCH3 is 1. The highest BCUT2D eigenvalue weighted by Crippen LogP contribution is 2.23. The predicted octanol–water partition coefficient (Wildman–Crippen LogP) is 3.08. The van der Waals surface area contributed by atoms with Crippen molar-refractivity contribution in [1.82, 2.24) is 0 Å². The Bertz CT molecular complexity index is 363. The van der Waals surface area contributed by atoms with Crippen molar-refractivity contribution in [3.8, 4) is 0 Å². The molecule has 0 saturated heterocycles. The molecule has 0 aliphatic rings. The number of carbonyl (C=O) groups excluding carboxylic acids is 1. The molecule has 1 aromatic rings. The summed E-state index contributed by atoms with van der Waals surface area (Å²) in [5, 5.41) is 0. The maximum Gasteiger partial charge on any atom is 0.310 e. The van der Waals surface area contributed by atoms with Gasteiger partial charge in [0.25, 0.3) is 0 Å². The first kappa shape index (κ1) is 12.0. The van der Waals surface area contributed by atoms with Crippen molar-refractivity contribution in [2.45, 2.75) is 13.3 Å². The van der Waals surface area contributed by atoms with Gasteiger partial charge in [0.05, 0.1) is 13.5 Å². The van der Waals surface area contributed by atoms with Crippen LogP contribution in [-0.2, 0) is 16.0 Å². The Morgan fingerprint density at radius 2 is 2.21 bits per heavy atom. The van der Waals surface area contributed by atoms with Gasteiger partial charge in [0, 0.05) is 8.04 Å². The molecule has 1 rings (SSSR count). The fourth-order valence-corrected chi connectivity index (χ4v) is 2.46. The molecule has 2 nitrogen and oxygen atoms in total. The molecule has 4 heteroatoms. The second-order valence-electron chi connectivity index (χ2n) is 2.95. The molecule has 0 aliphatic carbocycles. The molecule has 0 radical (unpaired) electrons. The summed E-state index contributed by atoms with van der Waals surface area (Å²) in [5.41, 5.74) is 2.14. The summed E-state index contributed by atoms with van der Waals surface area (Å²) in [5.74, 6) is -0.216. The number of halogens is 2. The fourth-order valence-electron chi connectivity index (χ4n) is 1.08. The molecule has 0 fully saturated rings. The first-order chi connectivity index (χ1) is 6.54. The molecular formula is C10H10BrIO2. The standard InChI is InChI=1S/C10H10BrIO2/c1-6-3-7(4-10(13)14-2)8(11)5-9(6)12/h3,5H,4H2,1-2H3. The molecule has 0 N–H and O–H groups in total. The van der Waals surface area contributed by atoms with Crippen LogP contribution < -0.4 is 0 Å². The molecule has 0 atom stereocenters. The quantitative estimate of drug-likeness (QED) is 0.592. The minimum Gasteiger partial charge on any atom is -0.469 e. The normalized spacial score (nSPS) is 10.0. The van der Waals surface area contributed by atoms with Crippen LogP contribution in [0.3, 0.4) is 0 Å².